The first kappa shape index (κ1) is 8.08. The molecule has 0 aliphatic heterocycles. The molecule has 0 saturated carbocycles. The molecule has 0 unspecified atom stereocenters. The molecule has 1 N–H and O–H groups in total. The maximum Gasteiger partial charge on any atom is 0.0499 e. The van der Waals surface area contributed by atoms with Crippen molar-refractivity contribution in [3.05, 3.63) is 41.2 Å². The molecule has 0 amide bonds. The van der Waals surface area contributed by atoms with Crippen molar-refractivity contribution >= 4 is 17.0 Å². The lowest BCUT2D eigenvalue weighted by molar-refractivity contribution is 1.23. The molecule has 0 aliphatic rings. The molecule has 1 aromatic rings. The third-order valence-corrected chi connectivity index (χ3v) is 2.17. The largest absolute Gasteiger partial charge is 0.361 e. The Kier molecular flexibility index (Phi) is 2.93. The van der Waals surface area contributed by atoms with Crippen LogP contribution in [0.25, 0.3) is 5.70 Å². The van der Waals surface area contributed by atoms with Gasteiger partial charge < -0.3 is 5.32 Å². The van der Waals surface area contributed by atoms with Crippen LogP contribution in [0.5, 0.6) is 0 Å². The predicted octanol–water partition coefficient (Wildman–Crippen LogP) is 2.84. The van der Waals surface area contributed by atoms with Crippen molar-refractivity contribution < 1.29 is 0 Å². The molecule has 11 heavy (non-hydrogen) atoms. The Morgan fingerprint density at radius 2 is 2.55 bits per heavy atom. The second-order valence-electron chi connectivity index (χ2n) is 2.10. The quantitative estimate of drug-likeness (QED) is 0.726. The summed E-state index contributed by atoms with van der Waals surface area (Å²) >= 11 is 1.69. The van der Waals surface area contributed by atoms with Crippen LogP contribution in [0.1, 0.15) is 11.8 Å². The summed E-state index contributed by atoms with van der Waals surface area (Å²) in [6.07, 6.45) is 3.82. The highest BCUT2D eigenvalue weighted by Gasteiger charge is 1.94. The molecule has 1 aromatic heterocycles. The topological polar surface area (TPSA) is 12.0 Å². The van der Waals surface area contributed by atoms with E-state index in [1.54, 1.807) is 11.3 Å². The van der Waals surface area contributed by atoms with Crippen molar-refractivity contribution in [1.82, 2.24) is 5.32 Å². The first-order valence-corrected chi connectivity index (χ1v) is 4.33. The molecule has 0 saturated heterocycles. The summed E-state index contributed by atoms with van der Waals surface area (Å²) in [5.41, 5.74) is 0.957. The van der Waals surface area contributed by atoms with Crippen molar-refractivity contribution in [2.75, 3.05) is 0 Å². The molecule has 0 aromatic carbocycles. The van der Waals surface area contributed by atoms with Gasteiger partial charge in [-0.3, -0.25) is 0 Å². The third kappa shape index (κ3) is 2.24. The van der Waals surface area contributed by atoms with Gasteiger partial charge in [-0.15, -0.1) is 11.3 Å². The number of hydrogen-bond donors (Lipinski definition) is 1. The molecule has 1 heterocycles. The van der Waals surface area contributed by atoms with Crippen LogP contribution in [-0.4, -0.2) is 0 Å². The number of nitrogens with one attached hydrogen (secondary N) is 1. The first-order valence-electron chi connectivity index (χ1n) is 3.45. The van der Waals surface area contributed by atoms with Crippen molar-refractivity contribution in [2.24, 2.45) is 0 Å². The van der Waals surface area contributed by atoms with Gasteiger partial charge in [0.15, 0.2) is 0 Å². The fraction of sp³-hybridized carbons (Fsp3) is 0.111. The summed E-state index contributed by atoms with van der Waals surface area (Å²) in [6, 6.07) is 4.06. The second kappa shape index (κ2) is 3.98. The van der Waals surface area contributed by atoms with E-state index in [4.69, 9.17) is 0 Å². The van der Waals surface area contributed by atoms with Gasteiger partial charge in [0.05, 0.1) is 0 Å². The van der Waals surface area contributed by atoms with Crippen molar-refractivity contribution in [1.29, 1.82) is 0 Å². The van der Waals surface area contributed by atoms with E-state index in [9.17, 15) is 0 Å². The van der Waals surface area contributed by atoms with Crippen LogP contribution in [0, 0.1) is 0 Å². The zero-order valence-electron chi connectivity index (χ0n) is 6.50. The van der Waals surface area contributed by atoms with E-state index < -0.39 is 0 Å². The van der Waals surface area contributed by atoms with Crippen LogP contribution in [0.4, 0.5) is 0 Å². The van der Waals surface area contributed by atoms with Gasteiger partial charge in [-0.25, -0.2) is 0 Å². The molecular weight excluding hydrogens is 154 g/mol. The third-order valence-electron chi connectivity index (χ3n) is 1.24. The Hall–Kier alpha value is -1.02. The summed E-state index contributed by atoms with van der Waals surface area (Å²) in [7, 11) is 0. The maximum absolute atomic E-state index is 3.88. The molecule has 0 bridgehead atoms. The predicted molar refractivity (Wildman–Crippen MR) is 51.3 cm³/mol. The Balaban J connectivity index is 2.56. The minimum absolute atomic E-state index is 0.957. The van der Waals surface area contributed by atoms with Crippen LogP contribution < -0.4 is 5.32 Å². The van der Waals surface area contributed by atoms with Crippen molar-refractivity contribution in [2.45, 2.75) is 6.92 Å². The monoisotopic (exact) mass is 165 g/mol. The lowest BCUT2D eigenvalue weighted by atomic mass is 10.4. The lowest BCUT2D eigenvalue weighted by Gasteiger charge is -1.99. The van der Waals surface area contributed by atoms with Gasteiger partial charge in [-0.2, -0.15) is 0 Å². The van der Waals surface area contributed by atoms with Crippen molar-refractivity contribution in [3.8, 4) is 0 Å². The van der Waals surface area contributed by atoms with E-state index in [-0.39, 0.29) is 0 Å². The van der Waals surface area contributed by atoms with E-state index >= 15 is 0 Å². The average molecular weight is 165 g/mol. The smallest absolute Gasteiger partial charge is 0.0499 e. The molecule has 58 valence electrons. The summed E-state index contributed by atoms with van der Waals surface area (Å²) in [6.45, 7) is 5.85. The number of hydrogen-bond acceptors (Lipinski definition) is 2. The first-order chi connectivity index (χ1) is 5.34. The van der Waals surface area contributed by atoms with Crippen LogP contribution in [0.2, 0.25) is 0 Å². The highest BCUT2D eigenvalue weighted by Crippen LogP contribution is 2.15. The summed E-state index contributed by atoms with van der Waals surface area (Å²) in [5.74, 6) is 0. The van der Waals surface area contributed by atoms with Crippen LogP contribution in [0.3, 0.4) is 0 Å². The molecule has 1 nitrogen and oxygen atoms in total. The Morgan fingerprint density at radius 1 is 1.73 bits per heavy atom. The lowest BCUT2D eigenvalue weighted by Crippen LogP contribution is -1.99. The van der Waals surface area contributed by atoms with E-state index in [0.717, 1.165) is 5.70 Å². The van der Waals surface area contributed by atoms with Crippen molar-refractivity contribution in [3.63, 3.8) is 0 Å². The van der Waals surface area contributed by atoms with Crippen LogP contribution in [0.15, 0.2) is 36.4 Å². The minimum Gasteiger partial charge on any atom is -0.361 e. The number of thiophene rings is 1. The van der Waals surface area contributed by atoms with E-state index in [2.05, 4.69) is 11.9 Å². The minimum atomic E-state index is 0.957. The van der Waals surface area contributed by atoms with Crippen LogP contribution in [-0.2, 0) is 0 Å². The summed E-state index contributed by atoms with van der Waals surface area (Å²) < 4.78 is 0. The van der Waals surface area contributed by atoms with Gasteiger partial charge >= 0.3 is 0 Å². The molecule has 0 radical (unpaired) electrons. The standard InChI is InChI=1S/C9H11NS/c1-3-6-10-8(2)9-5-4-7-11-9/h3-7,10H,2H2,1H3/b6-3-. The number of rotatable bonds is 3. The highest BCUT2D eigenvalue weighted by molar-refractivity contribution is 7.11. The van der Waals surface area contributed by atoms with Gasteiger partial charge in [-0.05, 0) is 24.6 Å². The molecule has 0 spiro atoms. The second-order valence-corrected chi connectivity index (χ2v) is 3.05. The number of allylic oxidation sites excluding steroid dienone is 1. The average Bonchev–Trinajstić information content (AvgIpc) is 2.52. The zero-order chi connectivity index (χ0) is 8.10. The molecule has 2 heteroatoms. The van der Waals surface area contributed by atoms with Gasteiger partial charge in [-0.1, -0.05) is 18.7 Å². The van der Waals surface area contributed by atoms with Crippen LogP contribution >= 0.6 is 11.3 Å². The molecule has 0 aliphatic carbocycles. The van der Waals surface area contributed by atoms with E-state index in [1.165, 1.54) is 4.88 Å². The zero-order valence-corrected chi connectivity index (χ0v) is 7.32. The highest BCUT2D eigenvalue weighted by atomic mass is 32.1. The summed E-state index contributed by atoms with van der Waals surface area (Å²) in [5, 5.41) is 5.11. The SMILES string of the molecule is C=C(N/C=C\C)c1cccs1. The fourth-order valence-electron chi connectivity index (χ4n) is 0.705. The van der Waals surface area contributed by atoms with Gasteiger partial charge in [0.25, 0.3) is 0 Å². The van der Waals surface area contributed by atoms with Gasteiger partial charge in [0, 0.05) is 10.6 Å². The molecule has 0 atom stereocenters. The maximum atomic E-state index is 3.88. The Labute approximate surface area is 71.1 Å². The van der Waals surface area contributed by atoms with E-state index in [1.807, 2.05) is 36.7 Å². The fourth-order valence-corrected chi connectivity index (χ4v) is 1.37. The normalized spacial score (nSPS) is 10.3. The summed E-state index contributed by atoms with van der Waals surface area (Å²) in [4.78, 5) is 1.18. The Bertz CT molecular complexity index is 247. The Morgan fingerprint density at radius 3 is 3.09 bits per heavy atom. The molecule has 1 rings (SSSR count). The van der Waals surface area contributed by atoms with Gasteiger partial charge in [0.2, 0.25) is 0 Å². The van der Waals surface area contributed by atoms with E-state index in [0.29, 0.717) is 0 Å². The molecule has 0 fully saturated rings. The van der Waals surface area contributed by atoms with Gasteiger partial charge in [0.1, 0.15) is 0 Å². The molecular formula is C9H11NS.